The summed E-state index contributed by atoms with van der Waals surface area (Å²) < 4.78 is 0. The maximum atomic E-state index is 12.9. The number of anilines is 1. The Morgan fingerprint density at radius 2 is 2.00 bits per heavy atom. The van der Waals surface area contributed by atoms with Gasteiger partial charge in [0, 0.05) is 19.2 Å². The summed E-state index contributed by atoms with van der Waals surface area (Å²) in [5.74, 6) is -0.304. The second-order valence-corrected chi connectivity index (χ2v) is 7.89. The highest BCUT2D eigenvalue weighted by molar-refractivity contribution is 8.78. The second kappa shape index (κ2) is 3.72. The molecule has 2 bridgehead atoms. The molecule has 4 heterocycles. The van der Waals surface area contributed by atoms with E-state index >= 15 is 0 Å². The van der Waals surface area contributed by atoms with Gasteiger partial charge >= 0.3 is 0 Å². The van der Waals surface area contributed by atoms with Gasteiger partial charge in [0.15, 0.2) is 4.87 Å². The van der Waals surface area contributed by atoms with Crippen molar-refractivity contribution in [1.82, 2.24) is 4.90 Å². The molecule has 0 unspecified atom stereocenters. The summed E-state index contributed by atoms with van der Waals surface area (Å²) in [5.41, 5.74) is 1.80. The third-order valence-electron chi connectivity index (χ3n) is 4.27. The Balaban J connectivity index is 1.96. The monoisotopic (exact) mass is 308 g/mol. The van der Waals surface area contributed by atoms with Gasteiger partial charge in [-0.05, 0) is 22.4 Å². The van der Waals surface area contributed by atoms with Gasteiger partial charge in [-0.3, -0.25) is 14.5 Å². The summed E-state index contributed by atoms with van der Waals surface area (Å²) in [6.07, 6.45) is 0.525. The molecule has 5 nitrogen and oxygen atoms in total. The number of amides is 2. The molecule has 1 spiro atoms. The summed E-state index contributed by atoms with van der Waals surface area (Å²) in [6, 6.07) is 7.60. The van der Waals surface area contributed by atoms with Crippen LogP contribution in [0.4, 0.5) is 5.69 Å². The van der Waals surface area contributed by atoms with Gasteiger partial charge in [0.1, 0.15) is 0 Å². The van der Waals surface area contributed by atoms with E-state index < -0.39 is 9.74 Å². The van der Waals surface area contributed by atoms with E-state index in [9.17, 15) is 14.7 Å². The molecule has 1 aromatic carbocycles. The summed E-state index contributed by atoms with van der Waals surface area (Å²) in [4.78, 5) is 26.6. The molecular formula is C13H12N2O3S2. The molecule has 0 aliphatic carbocycles. The molecule has 4 aliphatic rings. The van der Waals surface area contributed by atoms with Crippen molar-refractivity contribution >= 4 is 39.1 Å². The highest BCUT2D eigenvalue weighted by Crippen LogP contribution is 2.63. The number of para-hydroxylation sites is 1. The number of carbonyl (C=O) groups is 2. The van der Waals surface area contributed by atoms with E-state index in [4.69, 9.17) is 0 Å². The molecule has 7 heteroatoms. The first kappa shape index (κ1) is 12.6. The molecule has 104 valence electrons. The summed E-state index contributed by atoms with van der Waals surface area (Å²) >= 11 is 0. The van der Waals surface area contributed by atoms with E-state index in [1.54, 1.807) is 11.9 Å². The average molecular weight is 308 g/mol. The van der Waals surface area contributed by atoms with Crippen molar-refractivity contribution in [2.24, 2.45) is 0 Å². The van der Waals surface area contributed by atoms with Crippen molar-refractivity contribution in [3.8, 4) is 0 Å². The molecule has 0 aromatic heterocycles. The highest BCUT2D eigenvalue weighted by atomic mass is 33.1. The number of piperazine rings is 1. The molecule has 3 saturated heterocycles. The van der Waals surface area contributed by atoms with E-state index in [1.165, 1.54) is 26.5 Å². The number of aliphatic hydroxyl groups excluding tert-OH is 1. The van der Waals surface area contributed by atoms with Gasteiger partial charge in [-0.1, -0.05) is 29.0 Å². The normalized spacial score (nSPS) is 34.5. The van der Waals surface area contributed by atoms with Gasteiger partial charge in [-0.25, -0.2) is 0 Å². The summed E-state index contributed by atoms with van der Waals surface area (Å²) in [6.45, 7) is -0.375. The average Bonchev–Trinajstić information content (AvgIpc) is 2.81. The van der Waals surface area contributed by atoms with Gasteiger partial charge in [0.25, 0.3) is 11.8 Å². The predicted octanol–water partition coefficient (Wildman–Crippen LogP) is 0.828. The molecule has 0 radical (unpaired) electrons. The Morgan fingerprint density at radius 1 is 1.25 bits per heavy atom. The van der Waals surface area contributed by atoms with Crippen LogP contribution in [0.5, 0.6) is 0 Å². The predicted molar refractivity (Wildman–Crippen MR) is 78.1 cm³/mol. The van der Waals surface area contributed by atoms with Gasteiger partial charge in [0.05, 0.1) is 6.61 Å². The third kappa shape index (κ3) is 1.14. The largest absolute Gasteiger partial charge is 0.392 e. The van der Waals surface area contributed by atoms with Crippen LogP contribution in [-0.4, -0.2) is 45.2 Å². The number of nitrogens with zero attached hydrogens (tertiary/aromatic N) is 2. The lowest BCUT2D eigenvalue weighted by molar-refractivity contribution is -0.149. The number of likely N-dealkylation sites (N-methyl/N-ethyl adjacent to an activating group) is 1. The van der Waals surface area contributed by atoms with Crippen LogP contribution in [0.3, 0.4) is 0 Å². The number of hydrogen-bond acceptors (Lipinski definition) is 5. The zero-order chi connectivity index (χ0) is 14.1. The minimum Gasteiger partial charge on any atom is -0.392 e. The summed E-state index contributed by atoms with van der Waals surface area (Å²) in [5, 5.41) is 9.71. The Labute approximate surface area is 123 Å². The Bertz CT molecular complexity index is 652. The van der Waals surface area contributed by atoms with Crippen molar-refractivity contribution in [2.45, 2.75) is 16.2 Å². The van der Waals surface area contributed by atoms with Crippen molar-refractivity contribution in [3.63, 3.8) is 0 Å². The van der Waals surface area contributed by atoms with E-state index in [0.29, 0.717) is 6.42 Å². The van der Waals surface area contributed by atoms with E-state index in [2.05, 4.69) is 0 Å². The van der Waals surface area contributed by atoms with Crippen LogP contribution in [0.1, 0.15) is 5.56 Å². The maximum absolute atomic E-state index is 12.9. The van der Waals surface area contributed by atoms with Crippen LogP contribution in [-0.2, 0) is 16.0 Å². The quantitative estimate of drug-likeness (QED) is 0.779. The number of aliphatic hydroxyl groups is 1. The van der Waals surface area contributed by atoms with E-state index in [0.717, 1.165) is 11.3 Å². The second-order valence-electron chi connectivity index (χ2n) is 5.20. The number of hydrogen-bond donors (Lipinski definition) is 1. The first-order valence-electron chi connectivity index (χ1n) is 6.25. The molecule has 2 amide bonds. The van der Waals surface area contributed by atoms with Crippen LogP contribution in [0.2, 0.25) is 0 Å². The first-order valence-corrected chi connectivity index (χ1v) is 8.40. The molecule has 1 aromatic rings. The van der Waals surface area contributed by atoms with Crippen LogP contribution in [0.25, 0.3) is 0 Å². The minimum atomic E-state index is -1.19. The van der Waals surface area contributed by atoms with Crippen molar-refractivity contribution in [1.29, 1.82) is 0 Å². The topological polar surface area (TPSA) is 60.9 Å². The van der Waals surface area contributed by atoms with Crippen molar-refractivity contribution < 1.29 is 14.7 Å². The van der Waals surface area contributed by atoms with E-state index in [1.807, 2.05) is 24.3 Å². The number of carbonyl (C=O) groups excluding carboxylic acids is 2. The highest BCUT2D eigenvalue weighted by Gasteiger charge is 2.70. The fraction of sp³-hybridized carbons (Fsp3) is 0.385. The standard InChI is InChI=1S/C13H12N2O3S2/c1-14-10(17)12-6-8-4-2-3-5-9(8)15(12)11(18)13(14,7-16)20-19-12/h2-5,16H,6-7H2,1H3/t12-,13-/m1/s1. The van der Waals surface area contributed by atoms with Gasteiger partial charge < -0.3 is 10.0 Å². The third-order valence-corrected chi connectivity index (χ3v) is 7.89. The van der Waals surface area contributed by atoms with Crippen LogP contribution >= 0.6 is 21.6 Å². The van der Waals surface area contributed by atoms with Crippen LogP contribution in [0.15, 0.2) is 24.3 Å². The molecule has 0 saturated carbocycles. The number of rotatable bonds is 1. The lowest BCUT2D eigenvalue weighted by Crippen LogP contribution is -2.77. The number of benzene rings is 1. The Hall–Kier alpha value is -1.18. The fourth-order valence-corrected chi connectivity index (χ4v) is 6.64. The zero-order valence-electron chi connectivity index (χ0n) is 10.7. The zero-order valence-corrected chi connectivity index (χ0v) is 12.3. The van der Waals surface area contributed by atoms with Crippen molar-refractivity contribution in [3.05, 3.63) is 29.8 Å². The SMILES string of the molecule is CN1C(=O)[C@]23Cc4ccccc4N2C(=O)[C@@]1(CO)SS3. The lowest BCUT2D eigenvalue weighted by atomic mass is 10.0. The van der Waals surface area contributed by atoms with Crippen molar-refractivity contribution in [2.75, 3.05) is 18.6 Å². The molecule has 2 atom stereocenters. The fourth-order valence-electron chi connectivity index (χ4n) is 3.13. The molecule has 1 N–H and O–H groups in total. The molecule has 20 heavy (non-hydrogen) atoms. The minimum absolute atomic E-state index is 0.105. The molecule has 4 aliphatic heterocycles. The first-order chi connectivity index (χ1) is 9.57. The lowest BCUT2D eigenvalue weighted by Gasteiger charge is -2.57. The smallest absolute Gasteiger partial charge is 0.268 e. The van der Waals surface area contributed by atoms with Crippen LogP contribution < -0.4 is 4.90 Å². The maximum Gasteiger partial charge on any atom is 0.268 e. The van der Waals surface area contributed by atoms with Crippen LogP contribution in [0, 0.1) is 0 Å². The van der Waals surface area contributed by atoms with Gasteiger partial charge in [0.2, 0.25) is 4.87 Å². The van der Waals surface area contributed by atoms with E-state index in [-0.39, 0.29) is 18.4 Å². The molecule has 5 rings (SSSR count). The molecular weight excluding hydrogens is 296 g/mol. The molecule has 3 fully saturated rings. The Kier molecular flexibility index (Phi) is 2.33. The summed E-state index contributed by atoms with van der Waals surface area (Å²) in [7, 11) is 4.30. The van der Waals surface area contributed by atoms with Gasteiger partial charge in [-0.15, -0.1) is 0 Å². The van der Waals surface area contributed by atoms with Gasteiger partial charge in [-0.2, -0.15) is 0 Å². The number of fused-ring (bicyclic) bond motifs is 3. The Morgan fingerprint density at radius 3 is 2.75 bits per heavy atom.